The molecule has 1 atom stereocenters. The van der Waals surface area contributed by atoms with Crippen molar-refractivity contribution in [3.05, 3.63) is 29.3 Å². The van der Waals surface area contributed by atoms with Gasteiger partial charge in [-0.15, -0.1) is 0 Å². The summed E-state index contributed by atoms with van der Waals surface area (Å²) in [5.74, 6) is 0.00101. The zero-order valence-electron chi connectivity index (χ0n) is 13.0. The van der Waals surface area contributed by atoms with Crippen LogP contribution in [0.5, 0.6) is 5.75 Å². The molecular formula is C16H25NO3. The fraction of sp³-hybridized carbons (Fsp3) is 0.562. The first-order valence-electron chi connectivity index (χ1n) is 6.96. The molecule has 0 radical (unpaired) electrons. The summed E-state index contributed by atoms with van der Waals surface area (Å²) < 4.78 is 5.79. The van der Waals surface area contributed by atoms with Crippen LogP contribution >= 0.6 is 0 Å². The van der Waals surface area contributed by atoms with E-state index in [9.17, 15) is 9.90 Å². The van der Waals surface area contributed by atoms with E-state index in [1.165, 1.54) is 0 Å². The van der Waals surface area contributed by atoms with Gasteiger partial charge < -0.3 is 9.84 Å². The zero-order valence-corrected chi connectivity index (χ0v) is 13.0. The van der Waals surface area contributed by atoms with Crippen LogP contribution in [-0.2, 0) is 4.79 Å². The minimum Gasteiger partial charge on any atom is -0.493 e. The molecule has 0 aliphatic rings. The molecule has 0 saturated carbocycles. The molecule has 4 heteroatoms. The molecule has 1 aromatic carbocycles. The van der Waals surface area contributed by atoms with Gasteiger partial charge in [0, 0.05) is 12.5 Å². The molecule has 0 heterocycles. The van der Waals surface area contributed by atoms with Gasteiger partial charge in [-0.25, -0.2) is 0 Å². The number of para-hydroxylation sites is 1. The Hall–Kier alpha value is -1.55. The number of nitrogens with one attached hydrogen (secondary N) is 1. The number of carboxylic acids is 1. The smallest absolute Gasteiger partial charge is 0.323 e. The van der Waals surface area contributed by atoms with Gasteiger partial charge in [-0.3, -0.25) is 10.1 Å². The summed E-state index contributed by atoms with van der Waals surface area (Å²) in [4.78, 5) is 11.4. The van der Waals surface area contributed by atoms with Crippen molar-refractivity contribution in [1.82, 2.24) is 5.32 Å². The molecule has 112 valence electrons. The van der Waals surface area contributed by atoms with E-state index >= 15 is 0 Å². The quantitative estimate of drug-likeness (QED) is 0.805. The minimum absolute atomic E-state index is 0.108. The molecule has 1 rings (SSSR count). The van der Waals surface area contributed by atoms with Gasteiger partial charge in [0.15, 0.2) is 0 Å². The number of rotatable bonds is 7. The predicted octanol–water partition coefficient (Wildman–Crippen LogP) is 2.91. The van der Waals surface area contributed by atoms with Crippen LogP contribution in [-0.4, -0.2) is 29.3 Å². The van der Waals surface area contributed by atoms with Crippen molar-refractivity contribution >= 4 is 5.97 Å². The highest BCUT2D eigenvalue weighted by atomic mass is 16.5. The second-order valence-electron chi connectivity index (χ2n) is 5.76. The van der Waals surface area contributed by atoms with Crippen LogP contribution in [0.3, 0.4) is 0 Å². The average Bonchev–Trinajstić information content (AvgIpc) is 2.32. The molecule has 0 aliphatic carbocycles. The molecule has 20 heavy (non-hydrogen) atoms. The first-order valence-corrected chi connectivity index (χ1v) is 6.96. The second-order valence-corrected chi connectivity index (χ2v) is 5.76. The van der Waals surface area contributed by atoms with Crippen molar-refractivity contribution in [3.8, 4) is 5.75 Å². The number of aryl methyl sites for hydroxylation is 2. The maximum Gasteiger partial charge on any atom is 0.323 e. The monoisotopic (exact) mass is 279 g/mol. The first-order chi connectivity index (χ1) is 9.26. The fourth-order valence-corrected chi connectivity index (χ4v) is 2.26. The molecule has 0 aliphatic heterocycles. The number of carboxylic acid groups (broad SMARTS) is 1. The Bertz CT molecular complexity index is 451. The molecular weight excluding hydrogens is 254 g/mol. The summed E-state index contributed by atoms with van der Waals surface area (Å²) in [5.41, 5.74) is 1.17. The van der Waals surface area contributed by atoms with E-state index in [2.05, 4.69) is 5.32 Å². The Labute approximate surface area is 121 Å². The Kier molecular flexibility index (Phi) is 5.57. The summed E-state index contributed by atoms with van der Waals surface area (Å²) in [5, 5.41) is 12.5. The van der Waals surface area contributed by atoms with Crippen LogP contribution in [0.15, 0.2) is 18.2 Å². The summed E-state index contributed by atoms with van der Waals surface area (Å²) in [6.07, 6.45) is 0.411. The maximum atomic E-state index is 11.4. The lowest BCUT2D eigenvalue weighted by Gasteiger charge is -2.28. The molecule has 1 aromatic rings. The molecule has 0 aromatic heterocycles. The third-order valence-corrected chi connectivity index (χ3v) is 3.34. The van der Waals surface area contributed by atoms with Crippen LogP contribution in [0.2, 0.25) is 0 Å². The summed E-state index contributed by atoms with van der Waals surface area (Å²) in [7, 11) is 0. The summed E-state index contributed by atoms with van der Waals surface area (Å²) >= 11 is 0. The molecule has 0 amide bonds. The van der Waals surface area contributed by atoms with E-state index in [1.807, 2.05) is 45.9 Å². The van der Waals surface area contributed by atoms with Gasteiger partial charge in [0.05, 0.1) is 6.61 Å². The maximum absolute atomic E-state index is 11.4. The lowest BCUT2D eigenvalue weighted by atomic mass is 9.97. The number of ether oxygens (including phenoxy) is 1. The molecule has 2 N–H and O–H groups in total. The number of hydrogen-bond acceptors (Lipinski definition) is 3. The Morgan fingerprint density at radius 2 is 1.90 bits per heavy atom. The van der Waals surface area contributed by atoms with Crippen molar-refractivity contribution < 1.29 is 14.6 Å². The minimum atomic E-state index is -0.968. The summed E-state index contributed by atoms with van der Waals surface area (Å²) in [6, 6.07) is 6.08. The number of aliphatic carboxylic acids is 1. The number of carbonyl (C=O) groups is 1. The predicted molar refractivity (Wildman–Crippen MR) is 80.3 cm³/mol. The third-order valence-electron chi connectivity index (χ3n) is 3.34. The van der Waals surface area contributed by atoms with Crippen LogP contribution in [0, 0.1) is 13.8 Å². The molecule has 0 spiro atoms. The lowest BCUT2D eigenvalue weighted by molar-refractivity contribution is -0.145. The van der Waals surface area contributed by atoms with Gasteiger partial charge in [0.1, 0.15) is 11.3 Å². The molecule has 4 nitrogen and oxygen atoms in total. The van der Waals surface area contributed by atoms with Crippen LogP contribution in [0.1, 0.15) is 38.3 Å². The van der Waals surface area contributed by atoms with Crippen LogP contribution in [0.25, 0.3) is 0 Å². The highest BCUT2D eigenvalue weighted by molar-refractivity contribution is 5.78. The van der Waals surface area contributed by atoms with Crippen molar-refractivity contribution in [2.24, 2.45) is 0 Å². The van der Waals surface area contributed by atoms with E-state index < -0.39 is 11.5 Å². The summed E-state index contributed by atoms with van der Waals surface area (Å²) in [6.45, 7) is 9.93. The second kappa shape index (κ2) is 6.75. The van der Waals surface area contributed by atoms with Gasteiger partial charge in [-0.05, 0) is 45.7 Å². The van der Waals surface area contributed by atoms with Crippen molar-refractivity contribution in [3.63, 3.8) is 0 Å². The normalized spacial score (nSPS) is 14.1. The lowest BCUT2D eigenvalue weighted by Crippen LogP contribution is -2.53. The van der Waals surface area contributed by atoms with Crippen LogP contribution < -0.4 is 10.1 Å². The standard InChI is InChI=1S/C16H25NO3/c1-11(2)17-16(5,15(18)19)9-10-20-14-12(3)7-6-8-13(14)4/h6-8,11,17H,9-10H2,1-5H3,(H,18,19). The van der Waals surface area contributed by atoms with E-state index in [4.69, 9.17) is 4.74 Å². The van der Waals surface area contributed by atoms with Gasteiger partial charge in [0.2, 0.25) is 0 Å². The molecule has 0 saturated heterocycles. The van der Waals surface area contributed by atoms with Gasteiger partial charge >= 0.3 is 5.97 Å². The van der Waals surface area contributed by atoms with E-state index in [-0.39, 0.29) is 6.04 Å². The third kappa shape index (κ3) is 4.23. The molecule has 0 fully saturated rings. The van der Waals surface area contributed by atoms with E-state index in [0.29, 0.717) is 13.0 Å². The SMILES string of the molecule is Cc1cccc(C)c1OCCC(C)(NC(C)C)C(=O)O. The highest BCUT2D eigenvalue weighted by Crippen LogP contribution is 2.23. The van der Waals surface area contributed by atoms with E-state index in [0.717, 1.165) is 16.9 Å². The average molecular weight is 279 g/mol. The number of hydrogen-bond donors (Lipinski definition) is 2. The zero-order chi connectivity index (χ0) is 15.3. The van der Waals surface area contributed by atoms with E-state index in [1.54, 1.807) is 6.92 Å². The van der Waals surface area contributed by atoms with Gasteiger partial charge in [-0.1, -0.05) is 18.2 Å². The van der Waals surface area contributed by atoms with Crippen molar-refractivity contribution in [2.75, 3.05) is 6.61 Å². The fourth-order valence-electron chi connectivity index (χ4n) is 2.26. The Balaban J connectivity index is 2.68. The Morgan fingerprint density at radius 3 is 2.35 bits per heavy atom. The van der Waals surface area contributed by atoms with Crippen LogP contribution in [0.4, 0.5) is 0 Å². The largest absolute Gasteiger partial charge is 0.493 e. The Morgan fingerprint density at radius 1 is 1.35 bits per heavy atom. The van der Waals surface area contributed by atoms with Gasteiger partial charge in [0.25, 0.3) is 0 Å². The molecule has 1 unspecified atom stereocenters. The van der Waals surface area contributed by atoms with Crippen molar-refractivity contribution in [1.29, 1.82) is 0 Å². The topological polar surface area (TPSA) is 58.6 Å². The number of benzene rings is 1. The van der Waals surface area contributed by atoms with Crippen molar-refractivity contribution in [2.45, 2.75) is 52.6 Å². The first kappa shape index (κ1) is 16.5. The molecule has 0 bridgehead atoms. The highest BCUT2D eigenvalue weighted by Gasteiger charge is 2.33. The van der Waals surface area contributed by atoms with Gasteiger partial charge in [-0.2, -0.15) is 0 Å².